The van der Waals surface area contributed by atoms with Crippen molar-refractivity contribution in [1.82, 2.24) is 0 Å². The lowest BCUT2D eigenvalue weighted by atomic mass is 10.2. The van der Waals surface area contributed by atoms with Crippen LogP contribution >= 0.6 is 11.6 Å². The molecular weight excluding hydrogens is 240 g/mol. The molecule has 0 saturated carbocycles. The predicted octanol–water partition coefficient (Wildman–Crippen LogP) is 3.35. The smallest absolute Gasteiger partial charge is 0.193 e. The van der Waals surface area contributed by atoms with Gasteiger partial charge in [0.2, 0.25) is 0 Å². The van der Waals surface area contributed by atoms with Crippen LogP contribution in [-0.4, -0.2) is 11.7 Å². The maximum Gasteiger partial charge on any atom is 0.193 e. The molecule has 0 fully saturated rings. The molecule has 0 aliphatic carbocycles. The summed E-state index contributed by atoms with van der Waals surface area (Å²) in [6, 6.07) is 10.9. The summed E-state index contributed by atoms with van der Waals surface area (Å²) in [6.07, 6.45) is -0.817. The topological polar surface area (TPSA) is 42.6 Å². The largest absolute Gasteiger partial charge is 0.490 e. The Morgan fingerprint density at radius 3 is 2.71 bits per heavy atom. The molecule has 0 spiro atoms. The van der Waals surface area contributed by atoms with Gasteiger partial charge in [-0.05, 0) is 42.3 Å². The molecular formula is C13H13ClO3. The zero-order valence-electron chi connectivity index (χ0n) is 9.39. The van der Waals surface area contributed by atoms with E-state index in [4.69, 9.17) is 20.8 Å². The van der Waals surface area contributed by atoms with Crippen molar-refractivity contribution in [1.29, 1.82) is 0 Å². The number of aryl methyl sites for hydroxylation is 1. The molecule has 3 nitrogen and oxygen atoms in total. The number of aliphatic hydroxyl groups excluding tert-OH is 1. The molecule has 0 amide bonds. The number of hydrogen-bond acceptors (Lipinski definition) is 3. The molecule has 90 valence electrons. The second kappa shape index (κ2) is 5.25. The van der Waals surface area contributed by atoms with Crippen molar-refractivity contribution in [2.45, 2.75) is 13.0 Å². The molecule has 0 radical (unpaired) electrons. The molecule has 1 aromatic carbocycles. The lowest BCUT2D eigenvalue weighted by molar-refractivity contribution is 0.0886. The first-order chi connectivity index (χ1) is 8.16. The third-order valence-electron chi connectivity index (χ3n) is 2.41. The van der Waals surface area contributed by atoms with Crippen molar-refractivity contribution < 1.29 is 14.3 Å². The summed E-state index contributed by atoms with van der Waals surface area (Å²) in [4.78, 5) is 0. The Kier molecular flexibility index (Phi) is 3.71. The summed E-state index contributed by atoms with van der Waals surface area (Å²) in [6.45, 7) is 2.08. The number of aliphatic hydroxyl groups is 1. The van der Waals surface area contributed by atoms with E-state index in [1.54, 1.807) is 12.1 Å². The number of para-hydroxylation sites is 1. The Morgan fingerprint density at radius 1 is 1.29 bits per heavy atom. The number of hydrogen-bond donors (Lipinski definition) is 1. The highest BCUT2D eigenvalue weighted by Crippen LogP contribution is 2.22. The Balaban J connectivity index is 1.97. The van der Waals surface area contributed by atoms with E-state index < -0.39 is 6.10 Å². The van der Waals surface area contributed by atoms with Crippen LogP contribution in [0.25, 0.3) is 0 Å². The molecule has 0 aliphatic heterocycles. The summed E-state index contributed by atoms with van der Waals surface area (Å²) < 4.78 is 10.6. The Morgan fingerprint density at radius 2 is 2.06 bits per heavy atom. The van der Waals surface area contributed by atoms with Crippen LogP contribution in [0.3, 0.4) is 0 Å². The van der Waals surface area contributed by atoms with Crippen LogP contribution in [0.4, 0.5) is 0 Å². The number of halogens is 1. The third-order valence-corrected chi connectivity index (χ3v) is 2.62. The molecule has 1 atom stereocenters. The maximum atomic E-state index is 9.81. The van der Waals surface area contributed by atoms with E-state index in [-0.39, 0.29) is 11.8 Å². The van der Waals surface area contributed by atoms with Crippen LogP contribution in [0.2, 0.25) is 5.22 Å². The van der Waals surface area contributed by atoms with E-state index in [2.05, 4.69) is 0 Å². The monoisotopic (exact) mass is 252 g/mol. The van der Waals surface area contributed by atoms with Crippen LogP contribution in [0, 0.1) is 6.92 Å². The second-order valence-corrected chi connectivity index (χ2v) is 4.11. The summed E-state index contributed by atoms with van der Waals surface area (Å²) in [5, 5.41) is 10.1. The van der Waals surface area contributed by atoms with Gasteiger partial charge < -0.3 is 14.3 Å². The molecule has 2 aromatic rings. The number of furan rings is 1. The zero-order chi connectivity index (χ0) is 12.3. The highest BCUT2D eigenvalue weighted by molar-refractivity contribution is 6.28. The molecule has 1 unspecified atom stereocenters. The van der Waals surface area contributed by atoms with Gasteiger partial charge in [0.15, 0.2) is 5.22 Å². The van der Waals surface area contributed by atoms with E-state index in [1.165, 1.54) is 0 Å². The molecule has 17 heavy (non-hydrogen) atoms. The summed E-state index contributed by atoms with van der Waals surface area (Å²) in [7, 11) is 0. The van der Waals surface area contributed by atoms with Gasteiger partial charge in [0.25, 0.3) is 0 Å². The van der Waals surface area contributed by atoms with Crippen LogP contribution in [-0.2, 0) is 0 Å². The van der Waals surface area contributed by atoms with Gasteiger partial charge in [0.1, 0.15) is 24.2 Å². The van der Waals surface area contributed by atoms with E-state index in [1.807, 2.05) is 31.2 Å². The van der Waals surface area contributed by atoms with Gasteiger partial charge in [-0.1, -0.05) is 18.2 Å². The van der Waals surface area contributed by atoms with E-state index in [9.17, 15) is 5.11 Å². The molecule has 0 aliphatic rings. The minimum atomic E-state index is -0.817. The van der Waals surface area contributed by atoms with E-state index in [0.29, 0.717) is 5.76 Å². The van der Waals surface area contributed by atoms with Gasteiger partial charge in [0.05, 0.1) is 0 Å². The third kappa shape index (κ3) is 3.02. The first-order valence-electron chi connectivity index (χ1n) is 5.28. The molecule has 0 bridgehead atoms. The van der Waals surface area contributed by atoms with E-state index >= 15 is 0 Å². The summed E-state index contributed by atoms with van der Waals surface area (Å²) in [5.74, 6) is 1.16. The summed E-state index contributed by atoms with van der Waals surface area (Å²) >= 11 is 5.63. The highest BCUT2D eigenvalue weighted by Gasteiger charge is 2.13. The van der Waals surface area contributed by atoms with Gasteiger partial charge in [0, 0.05) is 0 Å². The zero-order valence-corrected chi connectivity index (χ0v) is 10.1. The average molecular weight is 253 g/mol. The van der Waals surface area contributed by atoms with Crippen LogP contribution in [0.1, 0.15) is 17.4 Å². The number of rotatable bonds is 4. The van der Waals surface area contributed by atoms with Crippen LogP contribution in [0.15, 0.2) is 40.8 Å². The van der Waals surface area contributed by atoms with Gasteiger partial charge >= 0.3 is 0 Å². The second-order valence-electron chi connectivity index (χ2n) is 3.73. The van der Waals surface area contributed by atoms with Gasteiger partial charge in [-0.25, -0.2) is 0 Å². The summed E-state index contributed by atoms with van der Waals surface area (Å²) in [5.41, 5.74) is 1.03. The van der Waals surface area contributed by atoms with Crippen molar-refractivity contribution in [2.75, 3.05) is 6.61 Å². The molecule has 0 saturated heterocycles. The van der Waals surface area contributed by atoms with Gasteiger partial charge in [-0.3, -0.25) is 0 Å². The highest BCUT2D eigenvalue weighted by atomic mass is 35.5. The molecule has 1 aromatic heterocycles. The Labute approximate surface area is 105 Å². The standard InChI is InChI=1S/C13H13ClO3/c1-9-4-2-3-5-11(9)16-8-10(15)12-6-7-13(14)17-12/h2-7,10,15H,8H2,1H3. The van der Waals surface area contributed by atoms with Crippen LogP contribution in [0.5, 0.6) is 5.75 Å². The first-order valence-corrected chi connectivity index (χ1v) is 5.66. The van der Waals surface area contributed by atoms with E-state index in [0.717, 1.165) is 11.3 Å². The normalized spacial score (nSPS) is 12.4. The average Bonchev–Trinajstić information content (AvgIpc) is 2.74. The van der Waals surface area contributed by atoms with Crippen molar-refractivity contribution in [3.05, 3.63) is 52.9 Å². The minimum absolute atomic E-state index is 0.134. The van der Waals surface area contributed by atoms with Crippen molar-refractivity contribution in [2.24, 2.45) is 0 Å². The van der Waals surface area contributed by atoms with Crippen molar-refractivity contribution in [3.8, 4) is 5.75 Å². The predicted molar refractivity (Wildman–Crippen MR) is 65.4 cm³/mol. The van der Waals surface area contributed by atoms with Gasteiger partial charge in [-0.2, -0.15) is 0 Å². The lowest BCUT2D eigenvalue weighted by Gasteiger charge is -2.11. The van der Waals surface area contributed by atoms with Crippen LogP contribution < -0.4 is 4.74 Å². The fourth-order valence-electron chi connectivity index (χ4n) is 1.48. The fraction of sp³-hybridized carbons (Fsp3) is 0.231. The molecule has 1 N–H and O–H groups in total. The lowest BCUT2D eigenvalue weighted by Crippen LogP contribution is -2.09. The first kappa shape index (κ1) is 12.0. The Hall–Kier alpha value is -1.45. The minimum Gasteiger partial charge on any atom is -0.490 e. The fourth-order valence-corrected chi connectivity index (χ4v) is 1.63. The molecule has 4 heteroatoms. The number of ether oxygens (including phenoxy) is 1. The molecule has 1 heterocycles. The Bertz CT molecular complexity index is 493. The SMILES string of the molecule is Cc1ccccc1OCC(O)c1ccc(Cl)o1. The molecule has 2 rings (SSSR count). The quantitative estimate of drug-likeness (QED) is 0.907. The number of benzene rings is 1. The van der Waals surface area contributed by atoms with Gasteiger partial charge in [-0.15, -0.1) is 0 Å². The maximum absolute atomic E-state index is 9.81. The van der Waals surface area contributed by atoms with Crippen molar-refractivity contribution >= 4 is 11.6 Å². The van der Waals surface area contributed by atoms with Crippen molar-refractivity contribution in [3.63, 3.8) is 0 Å².